The van der Waals surface area contributed by atoms with E-state index >= 15 is 0 Å². The minimum absolute atomic E-state index is 0.647. The molecule has 0 atom stereocenters. The van der Waals surface area contributed by atoms with Crippen LogP contribution >= 0.6 is 15.9 Å². The molecule has 0 radical (unpaired) electrons. The molecule has 4 heteroatoms. The topological polar surface area (TPSA) is 40.2 Å². The lowest BCUT2D eigenvalue weighted by atomic mass is 10.2. The molecule has 1 aromatic carbocycles. The van der Waals surface area contributed by atoms with E-state index in [1.54, 1.807) is 18.6 Å². The van der Waals surface area contributed by atoms with E-state index in [2.05, 4.69) is 26.9 Å². The van der Waals surface area contributed by atoms with Crippen molar-refractivity contribution in [2.75, 3.05) is 11.9 Å². The van der Waals surface area contributed by atoms with Crippen molar-refractivity contribution in [1.29, 1.82) is 5.26 Å². The van der Waals surface area contributed by atoms with Gasteiger partial charge in [-0.1, -0.05) is 15.9 Å². The largest absolute Gasteiger partial charge is 0.472 e. The Morgan fingerprint density at radius 3 is 2.88 bits per heavy atom. The lowest BCUT2D eigenvalue weighted by molar-refractivity contribution is 0.563. The summed E-state index contributed by atoms with van der Waals surface area (Å²) in [5, 5.41) is 8.92. The van der Waals surface area contributed by atoms with Crippen LogP contribution in [0, 0.1) is 11.3 Å². The highest BCUT2D eigenvalue weighted by atomic mass is 79.9. The summed E-state index contributed by atoms with van der Waals surface area (Å²) in [5.41, 5.74) is 2.75. The van der Waals surface area contributed by atoms with E-state index in [0.29, 0.717) is 5.56 Å². The summed E-state index contributed by atoms with van der Waals surface area (Å²) < 4.78 is 5.94. The van der Waals surface area contributed by atoms with Crippen LogP contribution in [0.4, 0.5) is 5.69 Å². The highest BCUT2D eigenvalue weighted by Crippen LogP contribution is 2.23. The van der Waals surface area contributed by atoms with Gasteiger partial charge in [-0.2, -0.15) is 5.26 Å². The number of hydrogen-bond donors (Lipinski definition) is 0. The van der Waals surface area contributed by atoms with Gasteiger partial charge in [0.05, 0.1) is 24.2 Å². The van der Waals surface area contributed by atoms with Gasteiger partial charge in [-0.15, -0.1) is 0 Å². The van der Waals surface area contributed by atoms with E-state index in [1.807, 2.05) is 25.2 Å². The Kier molecular flexibility index (Phi) is 3.50. The molecular formula is C13H11BrN2O. The van der Waals surface area contributed by atoms with Gasteiger partial charge < -0.3 is 9.32 Å². The highest BCUT2D eigenvalue weighted by Gasteiger charge is 2.05. The van der Waals surface area contributed by atoms with E-state index in [1.165, 1.54) is 0 Å². The zero-order valence-corrected chi connectivity index (χ0v) is 10.9. The smallest absolute Gasteiger partial charge is 0.0992 e. The van der Waals surface area contributed by atoms with Crippen molar-refractivity contribution in [2.24, 2.45) is 0 Å². The molecule has 0 saturated heterocycles. The van der Waals surface area contributed by atoms with Crippen molar-refractivity contribution in [3.05, 3.63) is 52.4 Å². The number of hydrogen-bond acceptors (Lipinski definition) is 3. The minimum Gasteiger partial charge on any atom is -0.472 e. The van der Waals surface area contributed by atoms with Gasteiger partial charge in [0, 0.05) is 29.3 Å². The molecule has 1 aromatic heterocycles. The molecule has 1 heterocycles. The number of furan rings is 1. The molecule has 2 aromatic rings. The van der Waals surface area contributed by atoms with Crippen LogP contribution in [0.25, 0.3) is 0 Å². The van der Waals surface area contributed by atoms with Gasteiger partial charge in [0.1, 0.15) is 0 Å². The average molecular weight is 291 g/mol. The Balaban J connectivity index is 2.22. The minimum atomic E-state index is 0.647. The molecule has 0 unspecified atom stereocenters. The fourth-order valence-electron chi connectivity index (χ4n) is 1.61. The molecule has 17 heavy (non-hydrogen) atoms. The number of anilines is 1. The quantitative estimate of drug-likeness (QED) is 0.868. The maximum atomic E-state index is 8.92. The van der Waals surface area contributed by atoms with E-state index < -0.39 is 0 Å². The van der Waals surface area contributed by atoms with Gasteiger partial charge >= 0.3 is 0 Å². The maximum Gasteiger partial charge on any atom is 0.0992 e. The fourth-order valence-corrected chi connectivity index (χ4v) is 2.09. The number of halogens is 1. The van der Waals surface area contributed by atoms with Crippen molar-refractivity contribution in [1.82, 2.24) is 0 Å². The first-order valence-corrected chi connectivity index (χ1v) is 5.91. The molecule has 2 rings (SSSR count). The van der Waals surface area contributed by atoms with Crippen LogP contribution in [0.1, 0.15) is 11.1 Å². The summed E-state index contributed by atoms with van der Waals surface area (Å²) in [7, 11) is 1.98. The lowest BCUT2D eigenvalue weighted by Crippen LogP contribution is -2.15. The van der Waals surface area contributed by atoms with Gasteiger partial charge in [-0.3, -0.25) is 0 Å². The molecule has 0 spiro atoms. The molecule has 3 nitrogen and oxygen atoms in total. The molecule has 0 aliphatic heterocycles. The number of rotatable bonds is 3. The molecular weight excluding hydrogens is 280 g/mol. The van der Waals surface area contributed by atoms with Crippen molar-refractivity contribution in [3.63, 3.8) is 0 Å². The Bertz CT molecular complexity index is 543. The summed E-state index contributed by atoms with van der Waals surface area (Å²) in [6.45, 7) is 0.748. The fraction of sp³-hybridized carbons (Fsp3) is 0.154. The van der Waals surface area contributed by atoms with E-state index in [9.17, 15) is 0 Å². The van der Waals surface area contributed by atoms with Gasteiger partial charge in [-0.25, -0.2) is 0 Å². The van der Waals surface area contributed by atoms with E-state index in [-0.39, 0.29) is 0 Å². The Morgan fingerprint density at radius 1 is 1.41 bits per heavy atom. The van der Waals surface area contributed by atoms with Crippen LogP contribution in [0.5, 0.6) is 0 Å². The Hall–Kier alpha value is -1.73. The predicted octanol–water partition coefficient (Wildman–Crippen LogP) is 3.55. The summed E-state index contributed by atoms with van der Waals surface area (Å²) in [6, 6.07) is 9.73. The number of benzene rings is 1. The summed E-state index contributed by atoms with van der Waals surface area (Å²) >= 11 is 3.40. The lowest BCUT2D eigenvalue weighted by Gasteiger charge is -2.18. The molecule has 0 bridgehead atoms. The van der Waals surface area contributed by atoms with Crippen molar-refractivity contribution < 1.29 is 4.42 Å². The molecule has 0 N–H and O–H groups in total. The van der Waals surface area contributed by atoms with Crippen LogP contribution in [-0.4, -0.2) is 7.05 Å². The Labute approximate surface area is 108 Å². The number of nitriles is 1. The van der Waals surface area contributed by atoms with E-state index in [4.69, 9.17) is 9.68 Å². The first-order valence-electron chi connectivity index (χ1n) is 5.12. The van der Waals surface area contributed by atoms with Gasteiger partial charge in [0.15, 0.2) is 0 Å². The SMILES string of the molecule is CN(Cc1ccoc1)c1cc(Br)cc(C#N)c1. The monoisotopic (exact) mass is 290 g/mol. The highest BCUT2D eigenvalue weighted by molar-refractivity contribution is 9.10. The third-order valence-electron chi connectivity index (χ3n) is 2.45. The van der Waals surface area contributed by atoms with Crippen LogP contribution < -0.4 is 4.90 Å². The third-order valence-corrected chi connectivity index (χ3v) is 2.91. The molecule has 0 amide bonds. The Morgan fingerprint density at radius 2 is 2.24 bits per heavy atom. The molecule has 0 fully saturated rings. The van der Waals surface area contributed by atoms with Gasteiger partial charge in [-0.05, 0) is 24.3 Å². The van der Waals surface area contributed by atoms with Crippen LogP contribution in [-0.2, 0) is 6.54 Å². The first kappa shape index (κ1) is 11.7. The summed E-state index contributed by atoms with van der Waals surface area (Å²) in [5.74, 6) is 0. The van der Waals surface area contributed by atoms with Gasteiger partial charge in [0.25, 0.3) is 0 Å². The van der Waals surface area contributed by atoms with Crippen molar-refractivity contribution in [3.8, 4) is 6.07 Å². The maximum absolute atomic E-state index is 8.92. The third kappa shape index (κ3) is 2.89. The van der Waals surface area contributed by atoms with Crippen LogP contribution in [0.2, 0.25) is 0 Å². The predicted molar refractivity (Wildman–Crippen MR) is 69.7 cm³/mol. The zero-order chi connectivity index (χ0) is 12.3. The standard InChI is InChI=1S/C13H11BrN2O/c1-16(8-10-2-3-17-9-10)13-5-11(7-15)4-12(14)6-13/h2-6,9H,8H2,1H3. The van der Waals surface area contributed by atoms with Crippen molar-refractivity contribution >= 4 is 21.6 Å². The molecule has 86 valence electrons. The zero-order valence-electron chi connectivity index (χ0n) is 9.35. The number of nitrogens with zero attached hydrogens (tertiary/aromatic N) is 2. The van der Waals surface area contributed by atoms with Crippen molar-refractivity contribution in [2.45, 2.75) is 6.54 Å². The van der Waals surface area contributed by atoms with Crippen LogP contribution in [0.15, 0.2) is 45.7 Å². The average Bonchev–Trinajstić information content (AvgIpc) is 2.81. The molecule has 0 saturated carbocycles. The second-order valence-electron chi connectivity index (χ2n) is 3.80. The summed E-state index contributed by atoms with van der Waals surface area (Å²) in [4.78, 5) is 2.07. The van der Waals surface area contributed by atoms with Gasteiger partial charge in [0.2, 0.25) is 0 Å². The van der Waals surface area contributed by atoms with Crippen LogP contribution in [0.3, 0.4) is 0 Å². The molecule has 0 aliphatic rings. The summed E-state index contributed by atoms with van der Waals surface area (Å²) in [6.07, 6.45) is 3.38. The van der Waals surface area contributed by atoms with E-state index in [0.717, 1.165) is 22.3 Å². The molecule has 0 aliphatic carbocycles. The normalized spacial score (nSPS) is 9.94. The second kappa shape index (κ2) is 5.07. The second-order valence-corrected chi connectivity index (χ2v) is 4.71. The first-order chi connectivity index (χ1) is 8.19.